The molecule has 0 aliphatic heterocycles. The quantitative estimate of drug-likeness (QED) is 0.723. The molecule has 0 radical (unpaired) electrons. The molecule has 0 spiro atoms. The number of nitrogens with two attached hydrogens (primary N) is 1. The maximum atomic E-state index is 8.41. The van der Waals surface area contributed by atoms with Gasteiger partial charge in [-0.1, -0.05) is 12.1 Å². The summed E-state index contributed by atoms with van der Waals surface area (Å²) < 4.78 is 0.852. The van der Waals surface area contributed by atoms with Crippen LogP contribution >= 0.6 is 15.9 Å². The molecule has 1 aromatic rings. The first-order valence-corrected chi connectivity index (χ1v) is 3.95. The molecule has 11 heavy (non-hydrogen) atoms. The Hall–Kier alpha value is -1.01. The molecule has 0 bridgehead atoms. The summed E-state index contributed by atoms with van der Waals surface area (Å²) in [4.78, 5) is 0. The molecule has 0 aliphatic carbocycles. The minimum Gasteiger partial charge on any atom is -0.398 e. The van der Waals surface area contributed by atoms with Gasteiger partial charge in [-0.15, -0.1) is 0 Å². The summed E-state index contributed by atoms with van der Waals surface area (Å²) in [6, 6.07) is 7.63. The Morgan fingerprint density at radius 3 is 2.91 bits per heavy atom. The molecule has 2 nitrogen and oxygen atoms in total. The second-order valence-corrected chi connectivity index (χ2v) is 3.00. The standard InChI is InChI=1S/C8H7BrN2/c9-7-3-1-2-6(4-5-10)8(7)11/h1-3H,4,11H2. The van der Waals surface area contributed by atoms with E-state index in [4.69, 9.17) is 11.0 Å². The van der Waals surface area contributed by atoms with Gasteiger partial charge in [0.15, 0.2) is 0 Å². The van der Waals surface area contributed by atoms with E-state index in [1.807, 2.05) is 18.2 Å². The molecule has 1 rings (SSSR count). The van der Waals surface area contributed by atoms with E-state index in [-0.39, 0.29) is 0 Å². The fourth-order valence-corrected chi connectivity index (χ4v) is 1.23. The van der Waals surface area contributed by atoms with Gasteiger partial charge in [0.2, 0.25) is 0 Å². The molecule has 0 unspecified atom stereocenters. The fraction of sp³-hybridized carbons (Fsp3) is 0.125. The lowest BCUT2D eigenvalue weighted by Crippen LogP contribution is -1.93. The zero-order valence-corrected chi connectivity index (χ0v) is 7.43. The van der Waals surface area contributed by atoms with Crippen molar-refractivity contribution < 1.29 is 0 Å². The van der Waals surface area contributed by atoms with Gasteiger partial charge >= 0.3 is 0 Å². The van der Waals surface area contributed by atoms with E-state index in [1.54, 1.807) is 0 Å². The van der Waals surface area contributed by atoms with Gasteiger partial charge in [-0.25, -0.2) is 0 Å². The van der Waals surface area contributed by atoms with Crippen molar-refractivity contribution >= 4 is 21.6 Å². The van der Waals surface area contributed by atoms with Crippen LogP contribution in [0.25, 0.3) is 0 Å². The molecule has 56 valence electrons. The lowest BCUT2D eigenvalue weighted by Gasteiger charge is -2.01. The van der Waals surface area contributed by atoms with Gasteiger partial charge in [0.25, 0.3) is 0 Å². The molecule has 0 saturated heterocycles. The maximum absolute atomic E-state index is 8.41. The van der Waals surface area contributed by atoms with Crippen LogP contribution in [0.2, 0.25) is 0 Å². The molecule has 3 heteroatoms. The van der Waals surface area contributed by atoms with Gasteiger partial charge in [0.1, 0.15) is 0 Å². The lowest BCUT2D eigenvalue weighted by molar-refractivity contribution is 1.26. The van der Waals surface area contributed by atoms with E-state index < -0.39 is 0 Å². The Kier molecular flexibility index (Phi) is 2.50. The number of rotatable bonds is 1. The second kappa shape index (κ2) is 3.40. The van der Waals surface area contributed by atoms with Crippen molar-refractivity contribution in [2.45, 2.75) is 6.42 Å². The highest BCUT2D eigenvalue weighted by molar-refractivity contribution is 9.10. The Morgan fingerprint density at radius 1 is 1.55 bits per heavy atom. The maximum Gasteiger partial charge on any atom is 0.0670 e. The highest BCUT2D eigenvalue weighted by Gasteiger charge is 2.00. The first-order valence-electron chi connectivity index (χ1n) is 3.15. The average Bonchev–Trinajstić information content (AvgIpc) is 1.99. The van der Waals surface area contributed by atoms with Crippen LogP contribution in [-0.4, -0.2) is 0 Å². The molecule has 0 amide bonds. The molecular formula is C8H7BrN2. The van der Waals surface area contributed by atoms with Gasteiger partial charge in [0.05, 0.1) is 18.2 Å². The minimum absolute atomic E-state index is 0.366. The van der Waals surface area contributed by atoms with E-state index in [2.05, 4.69) is 22.0 Å². The van der Waals surface area contributed by atoms with Gasteiger partial charge in [-0.05, 0) is 27.6 Å². The first-order chi connectivity index (χ1) is 5.25. The van der Waals surface area contributed by atoms with Crippen LogP contribution in [0, 0.1) is 11.3 Å². The molecule has 0 heterocycles. The number of nitriles is 1. The lowest BCUT2D eigenvalue weighted by atomic mass is 10.1. The van der Waals surface area contributed by atoms with E-state index >= 15 is 0 Å². The SMILES string of the molecule is N#CCc1cccc(Br)c1N. The minimum atomic E-state index is 0.366. The van der Waals surface area contributed by atoms with Crippen molar-refractivity contribution in [1.29, 1.82) is 5.26 Å². The fourth-order valence-electron chi connectivity index (χ4n) is 0.821. The molecule has 0 aromatic heterocycles. The predicted molar refractivity (Wildman–Crippen MR) is 47.9 cm³/mol. The third-order valence-electron chi connectivity index (χ3n) is 1.41. The number of hydrogen-bond acceptors (Lipinski definition) is 2. The van der Waals surface area contributed by atoms with Crippen molar-refractivity contribution in [3.63, 3.8) is 0 Å². The zero-order valence-electron chi connectivity index (χ0n) is 5.84. The summed E-state index contributed by atoms with van der Waals surface area (Å²) in [5.41, 5.74) is 7.21. The van der Waals surface area contributed by atoms with Crippen molar-refractivity contribution in [2.24, 2.45) is 0 Å². The van der Waals surface area contributed by atoms with Crippen molar-refractivity contribution in [1.82, 2.24) is 0 Å². The van der Waals surface area contributed by atoms with Crippen LogP contribution < -0.4 is 5.73 Å². The number of para-hydroxylation sites is 1. The predicted octanol–water partition coefficient (Wildman–Crippen LogP) is 2.10. The first kappa shape index (κ1) is 8.09. The smallest absolute Gasteiger partial charge is 0.0670 e. The van der Waals surface area contributed by atoms with Crippen LogP contribution in [0.1, 0.15) is 5.56 Å². The number of nitrogen functional groups attached to an aromatic ring is 1. The number of nitrogens with zero attached hydrogens (tertiary/aromatic N) is 1. The summed E-state index contributed by atoms with van der Waals surface area (Å²) in [7, 11) is 0. The average molecular weight is 211 g/mol. The van der Waals surface area contributed by atoms with Crippen LogP contribution in [0.3, 0.4) is 0 Å². The Balaban J connectivity index is 3.08. The highest BCUT2D eigenvalue weighted by atomic mass is 79.9. The van der Waals surface area contributed by atoms with Crippen LogP contribution in [0.15, 0.2) is 22.7 Å². The van der Waals surface area contributed by atoms with Crippen LogP contribution in [-0.2, 0) is 6.42 Å². The monoisotopic (exact) mass is 210 g/mol. The largest absolute Gasteiger partial charge is 0.398 e. The Morgan fingerprint density at radius 2 is 2.27 bits per heavy atom. The molecular weight excluding hydrogens is 204 g/mol. The van der Waals surface area contributed by atoms with Crippen molar-refractivity contribution in [3.05, 3.63) is 28.2 Å². The molecule has 0 atom stereocenters. The van der Waals surface area contributed by atoms with Gasteiger partial charge < -0.3 is 5.73 Å². The molecule has 2 N–H and O–H groups in total. The van der Waals surface area contributed by atoms with Gasteiger partial charge in [-0.3, -0.25) is 0 Å². The van der Waals surface area contributed by atoms with Gasteiger partial charge in [0, 0.05) is 4.47 Å². The number of hydrogen-bond donors (Lipinski definition) is 1. The summed E-state index contributed by atoms with van der Waals surface area (Å²) in [5.74, 6) is 0. The number of halogens is 1. The van der Waals surface area contributed by atoms with E-state index in [9.17, 15) is 0 Å². The van der Waals surface area contributed by atoms with Gasteiger partial charge in [-0.2, -0.15) is 5.26 Å². The zero-order chi connectivity index (χ0) is 8.27. The Labute approximate surface area is 73.8 Å². The second-order valence-electron chi connectivity index (χ2n) is 2.15. The normalized spacial score (nSPS) is 9.09. The highest BCUT2D eigenvalue weighted by Crippen LogP contribution is 2.22. The molecule has 1 aromatic carbocycles. The van der Waals surface area contributed by atoms with E-state index in [1.165, 1.54) is 0 Å². The third kappa shape index (κ3) is 1.72. The Bertz CT molecular complexity index is 301. The van der Waals surface area contributed by atoms with Crippen LogP contribution in [0.5, 0.6) is 0 Å². The third-order valence-corrected chi connectivity index (χ3v) is 2.10. The summed E-state index contributed by atoms with van der Waals surface area (Å²) in [6.45, 7) is 0. The molecule has 0 aliphatic rings. The van der Waals surface area contributed by atoms with E-state index in [0.29, 0.717) is 12.1 Å². The van der Waals surface area contributed by atoms with Crippen molar-refractivity contribution in [3.8, 4) is 6.07 Å². The summed E-state index contributed by atoms with van der Waals surface area (Å²) >= 11 is 3.28. The number of anilines is 1. The summed E-state index contributed by atoms with van der Waals surface area (Å²) in [5, 5.41) is 8.41. The molecule has 0 fully saturated rings. The van der Waals surface area contributed by atoms with Crippen molar-refractivity contribution in [2.75, 3.05) is 5.73 Å². The molecule has 0 saturated carbocycles. The van der Waals surface area contributed by atoms with E-state index in [0.717, 1.165) is 10.0 Å². The van der Waals surface area contributed by atoms with Crippen LogP contribution in [0.4, 0.5) is 5.69 Å². The topological polar surface area (TPSA) is 49.8 Å². The number of benzene rings is 1. The summed E-state index contributed by atoms with van der Waals surface area (Å²) in [6.07, 6.45) is 0.366.